The molecule has 0 aliphatic carbocycles. The van der Waals surface area contributed by atoms with Gasteiger partial charge in [0.25, 0.3) is 10.0 Å². The van der Waals surface area contributed by atoms with Crippen molar-refractivity contribution in [3.05, 3.63) is 47.9 Å². The van der Waals surface area contributed by atoms with E-state index in [4.69, 9.17) is 0 Å². The van der Waals surface area contributed by atoms with Crippen LogP contribution in [0.25, 0.3) is 0 Å². The number of hydrogen-bond donors (Lipinski definition) is 1. The number of halogens is 1. The zero-order chi connectivity index (χ0) is 18.0. The van der Waals surface area contributed by atoms with Gasteiger partial charge in [-0.25, -0.2) is 17.8 Å². The Labute approximate surface area is 147 Å². The first-order chi connectivity index (χ1) is 11.8. The number of hydrogen-bond acceptors (Lipinski definition) is 4. The number of nitrogens with one attached hydrogen (secondary N) is 1. The fraction of sp³-hybridized carbons (Fsp3) is 0.389. The SMILES string of the molecule is Cc1cc(S(=O)(=O)Nc2ccc(N3CCCC(C)C3)cn2)ccc1F. The first-order valence-electron chi connectivity index (χ1n) is 8.35. The molecular formula is C18H22FN3O2S. The third kappa shape index (κ3) is 4.10. The van der Waals surface area contributed by atoms with Gasteiger partial charge in [-0.15, -0.1) is 0 Å². The van der Waals surface area contributed by atoms with Crippen molar-refractivity contribution in [3.63, 3.8) is 0 Å². The largest absolute Gasteiger partial charge is 0.370 e. The molecule has 5 nitrogen and oxygen atoms in total. The van der Waals surface area contributed by atoms with Gasteiger partial charge in [-0.2, -0.15) is 0 Å². The Hall–Kier alpha value is -2.15. The second kappa shape index (κ2) is 7.00. The highest BCUT2D eigenvalue weighted by atomic mass is 32.2. The summed E-state index contributed by atoms with van der Waals surface area (Å²) in [7, 11) is -3.79. The molecule has 1 aliphatic rings. The number of nitrogens with zero attached hydrogens (tertiary/aromatic N) is 2. The molecule has 1 aliphatic heterocycles. The lowest BCUT2D eigenvalue weighted by atomic mass is 10.00. The van der Waals surface area contributed by atoms with Crippen molar-refractivity contribution in [2.75, 3.05) is 22.7 Å². The molecule has 134 valence electrons. The van der Waals surface area contributed by atoms with Crippen molar-refractivity contribution >= 4 is 21.5 Å². The van der Waals surface area contributed by atoms with Gasteiger partial charge in [0.15, 0.2) is 0 Å². The Morgan fingerprint density at radius 3 is 2.72 bits per heavy atom. The molecule has 0 radical (unpaired) electrons. The Morgan fingerprint density at radius 2 is 2.08 bits per heavy atom. The smallest absolute Gasteiger partial charge is 0.263 e. The molecule has 0 spiro atoms. The van der Waals surface area contributed by atoms with E-state index in [2.05, 4.69) is 21.5 Å². The number of piperidine rings is 1. The maximum Gasteiger partial charge on any atom is 0.263 e. The molecule has 1 aromatic heterocycles. The van der Waals surface area contributed by atoms with Gasteiger partial charge < -0.3 is 4.90 Å². The molecule has 2 aromatic rings. The number of sulfonamides is 1. The van der Waals surface area contributed by atoms with Gasteiger partial charge in [0, 0.05) is 13.1 Å². The highest BCUT2D eigenvalue weighted by Gasteiger charge is 2.18. The zero-order valence-corrected chi connectivity index (χ0v) is 15.2. The monoisotopic (exact) mass is 363 g/mol. The van der Waals surface area contributed by atoms with Gasteiger partial charge in [0.2, 0.25) is 0 Å². The maximum absolute atomic E-state index is 13.3. The normalized spacial score (nSPS) is 18.2. The lowest BCUT2D eigenvalue weighted by Crippen LogP contribution is -2.34. The predicted molar refractivity (Wildman–Crippen MR) is 96.8 cm³/mol. The molecule has 0 saturated carbocycles. The summed E-state index contributed by atoms with van der Waals surface area (Å²) in [6.07, 6.45) is 4.07. The number of pyridine rings is 1. The molecule has 0 bridgehead atoms. The van der Waals surface area contributed by atoms with Crippen LogP contribution in [0.2, 0.25) is 0 Å². The molecule has 1 saturated heterocycles. The highest BCUT2D eigenvalue weighted by molar-refractivity contribution is 7.92. The van der Waals surface area contributed by atoms with Crippen LogP contribution in [-0.4, -0.2) is 26.5 Å². The van der Waals surface area contributed by atoms with E-state index in [9.17, 15) is 12.8 Å². The molecular weight excluding hydrogens is 341 g/mol. The topological polar surface area (TPSA) is 62.3 Å². The van der Waals surface area contributed by atoms with Gasteiger partial charge >= 0.3 is 0 Å². The van der Waals surface area contributed by atoms with Crippen LogP contribution in [0.5, 0.6) is 0 Å². The second-order valence-corrected chi connectivity index (χ2v) is 8.29. The number of rotatable bonds is 4. The van der Waals surface area contributed by atoms with E-state index in [0.29, 0.717) is 5.92 Å². The third-order valence-corrected chi connectivity index (χ3v) is 5.80. The van der Waals surface area contributed by atoms with E-state index in [1.807, 2.05) is 6.07 Å². The Balaban J connectivity index is 1.75. The standard InChI is InChI=1S/C18H22FN3O2S/c1-13-4-3-9-22(12-13)15-5-8-18(20-11-15)21-25(23,24)16-6-7-17(19)14(2)10-16/h5-8,10-11,13H,3-4,9,12H2,1-2H3,(H,20,21). The molecule has 25 heavy (non-hydrogen) atoms. The van der Waals surface area contributed by atoms with Crippen molar-refractivity contribution in [2.24, 2.45) is 5.92 Å². The average molecular weight is 363 g/mol. The summed E-state index contributed by atoms with van der Waals surface area (Å²) < 4.78 is 40.6. The van der Waals surface area contributed by atoms with E-state index in [1.54, 1.807) is 12.3 Å². The van der Waals surface area contributed by atoms with E-state index in [0.717, 1.165) is 31.3 Å². The minimum Gasteiger partial charge on any atom is -0.370 e. The fourth-order valence-electron chi connectivity index (χ4n) is 3.04. The van der Waals surface area contributed by atoms with Crippen LogP contribution in [-0.2, 0) is 10.0 Å². The number of aromatic nitrogens is 1. The maximum atomic E-state index is 13.3. The van der Waals surface area contributed by atoms with E-state index in [1.165, 1.54) is 25.5 Å². The summed E-state index contributed by atoms with van der Waals surface area (Å²) in [6.45, 7) is 5.74. The van der Waals surface area contributed by atoms with Crippen molar-refractivity contribution in [2.45, 2.75) is 31.6 Å². The van der Waals surface area contributed by atoms with Gasteiger partial charge in [-0.05, 0) is 61.6 Å². The Morgan fingerprint density at radius 1 is 1.28 bits per heavy atom. The Kier molecular flexibility index (Phi) is 4.94. The Bertz CT molecular complexity index is 853. The average Bonchev–Trinajstić information content (AvgIpc) is 2.57. The van der Waals surface area contributed by atoms with Crippen LogP contribution in [0.1, 0.15) is 25.3 Å². The number of anilines is 2. The zero-order valence-electron chi connectivity index (χ0n) is 14.4. The molecule has 1 N–H and O–H groups in total. The van der Waals surface area contributed by atoms with Crippen molar-refractivity contribution in [1.82, 2.24) is 4.98 Å². The summed E-state index contributed by atoms with van der Waals surface area (Å²) in [4.78, 5) is 6.51. The number of benzene rings is 1. The van der Waals surface area contributed by atoms with E-state index >= 15 is 0 Å². The van der Waals surface area contributed by atoms with Crippen LogP contribution in [0, 0.1) is 18.7 Å². The minimum atomic E-state index is -3.79. The molecule has 0 amide bonds. The first-order valence-corrected chi connectivity index (χ1v) is 9.83. The lowest BCUT2D eigenvalue weighted by molar-refractivity contribution is 0.446. The lowest BCUT2D eigenvalue weighted by Gasteiger charge is -2.32. The molecule has 7 heteroatoms. The summed E-state index contributed by atoms with van der Waals surface area (Å²) in [6, 6.07) is 7.23. The van der Waals surface area contributed by atoms with E-state index in [-0.39, 0.29) is 16.3 Å². The third-order valence-electron chi connectivity index (χ3n) is 4.45. The van der Waals surface area contributed by atoms with Crippen molar-refractivity contribution in [1.29, 1.82) is 0 Å². The van der Waals surface area contributed by atoms with Crippen LogP contribution in [0.15, 0.2) is 41.4 Å². The van der Waals surface area contributed by atoms with Crippen LogP contribution in [0.4, 0.5) is 15.9 Å². The predicted octanol–water partition coefficient (Wildman–Crippen LogP) is 3.57. The molecule has 1 atom stereocenters. The quantitative estimate of drug-likeness (QED) is 0.902. The molecule has 1 fully saturated rings. The van der Waals surface area contributed by atoms with Gasteiger partial charge in [0.05, 0.1) is 16.8 Å². The summed E-state index contributed by atoms with van der Waals surface area (Å²) in [5.41, 5.74) is 1.28. The van der Waals surface area contributed by atoms with Gasteiger partial charge in [-0.1, -0.05) is 6.92 Å². The van der Waals surface area contributed by atoms with Crippen LogP contribution < -0.4 is 9.62 Å². The number of aryl methyl sites for hydroxylation is 1. The second-order valence-electron chi connectivity index (χ2n) is 6.61. The first kappa shape index (κ1) is 17.7. The van der Waals surface area contributed by atoms with E-state index < -0.39 is 15.8 Å². The molecule has 2 heterocycles. The molecule has 1 aromatic carbocycles. The van der Waals surface area contributed by atoms with Crippen LogP contribution in [0.3, 0.4) is 0 Å². The van der Waals surface area contributed by atoms with Crippen molar-refractivity contribution < 1.29 is 12.8 Å². The fourth-order valence-corrected chi connectivity index (χ4v) is 4.13. The molecule has 1 unspecified atom stereocenters. The van der Waals surface area contributed by atoms with Crippen molar-refractivity contribution in [3.8, 4) is 0 Å². The summed E-state index contributed by atoms with van der Waals surface area (Å²) >= 11 is 0. The van der Waals surface area contributed by atoms with Crippen LogP contribution >= 0.6 is 0 Å². The summed E-state index contributed by atoms with van der Waals surface area (Å²) in [5.74, 6) is 0.460. The minimum absolute atomic E-state index is 0.0159. The summed E-state index contributed by atoms with van der Waals surface area (Å²) in [5, 5.41) is 0. The molecule has 3 rings (SSSR count). The van der Waals surface area contributed by atoms with Gasteiger partial charge in [0.1, 0.15) is 11.6 Å². The van der Waals surface area contributed by atoms with Gasteiger partial charge in [-0.3, -0.25) is 4.72 Å². The highest BCUT2D eigenvalue weighted by Crippen LogP contribution is 2.24.